The first kappa shape index (κ1) is 18.0. The minimum atomic E-state index is 0.0673. The minimum Gasteiger partial charge on any atom is -0.497 e. The molecule has 0 radical (unpaired) electrons. The maximum atomic E-state index is 5.45. The monoisotopic (exact) mass is 373 g/mol. The number of aromatic amines is 1. The summed E-state index contributed by atoms with van der Waals surface area (Å²) in [4.78, 5) is 3.40. The number of hydrogen-bond donors (Lipinski definition) is 1. The lowest BCUT2D eigenvalue weighted by atomic mass is 9.85. The molecule has 4 heteroatoms. The minimum absolute atomic E-state index is 0.0673. The summed E-state index contributed by atoms with van der Waals surface area (Å²) >= 11 is 0. The van der Waals surface area contributed by atoms with Gasteiger partial charge >= 0.3 is 0 Å². The molecule has 0 unspecified atom stereocenters. The number of aromatic nitrogens is 1. The summed E-state index contributed by atoms with van der Waals surface area (Å²) in [6.45, 7) is 0. The number of ether oxygens (including phenoxy) is 3. The largest absolute Gasteiger partial charge is 0.497 e. The molecular weight excluding hydrogens is 350 g/mol. The van der Waals surface area contributed by atoms with Gasteiger partial charge in [0.15, 0.2) is 0 Å². The lowest BCUT2D eigenvalue weighted by Crippen LogP contribution is -2.03. The molecule has 4 nitrogen and oxygen atoms in total. The van der Waals surface area contributed by atoms with E-state index >= 15 is 0 Å². The van der Waals surface area contributed by atoms with Crippen molar-refractivity contribution in [1.29, 1.82) is 0 Å². The highest BCUT2D eigenvalue weighted by Crippen LogP contribution is 2.38. The van der Waals surface area contributed by atoms with Crippen LogP contribution in [0.15, 0.2) is 72.9 Å². The van der Waals surface area contributed by atoms with Crippen molar-refractivity contribution in [3.63, 3.8) is 0 Å². The standard InChI is InChI=1S/C24H23NO3/c1-26-18-8-4-16(5-9-18)24(17-6-10-19(27-2)11-7-17)22-15-25-23-13-12-20(28-3)14-21(22)23/h4-15,24-25H,1-3H3. The molecule has 0 aliphatic carbocycles. The molecule has 1 aromatic heterocycles. The van der Waals surface area contributed by atoms with Gasteiger partial charge in [-0.1, -0.05) is 24.3 Å². The van der Waals surface area contributed by atoms with Crippen LogP contribution in [0.2, 0.25) is 0 Å². The van der Waals surface area contributed by atoms with Gasteiger partial charge in [0.1, 0.15) is 17.2 Å². The number of rotatable bonds is 6. The van der Waals surface area contributed by atoms with Gasteiger partial charge in [0.05, 0.1) is 21.3 Å². The van der Waals surface area contributed by atoms with E-state index < -0.39 is 0 Å². The highest BCUT2D eigenvalue weighted by molar-refractivity contribution is 5.86. The molecule has 1 N–H and O–H groups in total. The first-order chi connectivity index (χ1) is 13.7. The van der Waals surface area contributed by atoms with Crippen molar-refractivity contribution >= 4 is 10.9 Å². The molecule has 4 rings (SSSR count). The van der Waals surface area contributed by atoms with Crippen LogP contribution in [0.3, 0.4) is 0 Å². The SMILES string of the molecule is COc1ccc(C(c2ccc(OC)cc2)c2c[nH]c3ccc(OC)cc23)cc1. The number of hydrogen-bond acceptors (Lipinski definition) is 3. The van der Waals surface area contributed by atoms with Crippen LogP contribution in [0.5, 0.6) is 17.2 Å². The Morgan fingerprint density at radius 1 is 0.643 bits per heavy atom. The Morgan fingerprint density at radius 2 is 1.14 bits per heavy atom. The molecule has 3 aromatic carbocycles. The summed E-state index contributed by atoms with van der Waals surface area (Å²) in [6, 6.07) is 22.6. The summed E-state index contributed by atoms with van der Waals surface area (Å²) < 4.78 is 16.1. The Bertz CT molecular complexity index is 1020. The molecule has 142 valence electrons. The van der Waals surface area contributed by atoms with Gasteiger partial charge in [-0.3, -0.25) is 0 Å². The second kappa shape index (κ2) is 7.69. The van der Waals surface area contributed by atoms with Crippen molar-refractivity contribution in [2.75, 3.05) is 21.3 Å². The number of benzene rings is 3. The normalized spacial score (nSPS) is 11.0. The lowest BCUT2D eigenvalue weighted by molar-refractivity contribution is 0.414. The van der Waals surface area contributed by atoms with Crippen molar-refractivity contribution in [3.05, 3.63) is 89.6 Å². The molecule has 0 atom stereocenters. The van der Waals surface area contributed by atoms with Crippen LogP contribution in [0, 0.1) is 0 Å². The van der Waals surface area contributed by atoms with Gasteiger partial charge < -0.3 is 19.2 Å². The topological polar surface area (TPSA) is 43.5 Å². The van der Waals surface area contributed by atoms with Crippen molar-refractivity contribution < 1.29 is 14.2 Å². The van der Waals surface area contributed by atoms with E-state index in [4.69, 9.17) is 14.2 Å². The van der Waals surface area contributed by atoms with E-state index in [1.54, 1.807) is 21.3 Å². The summed E-state index contributed by atoms with van der Waals surface area (Å²) in [7, 11) is 5.06. The highest BCUT2D eigenvalue weighted by Gasteiger charge is 2.21. The van der Waals surface area contributed by atoms with Crippen molar-refractivity contribution in [2.45, 2.75) is 5.92 Å². The second-order valence-electron chi connectivity index (χ2n) is 6.63. The fourth-order valence-corrected chi connectivity index (χ4v) is 3.63. The lowest BCUT2D eigenvalue weighted by Gasteiger charge is -2.19. The van der Waals surface area contributed by atoms with Gasteiger partial charge in [-0.2, -0.15) is 0 Å². The number of fused-ring (bicyclic) bond motifs is 1. The van der Waals surface area contributed by atoms with Gasteiger partial charge in [0, 0.05) is 23.0 Å². The Hall–Kier alpha value is -3.40. The van der Waals surface area contributed by atoms with E-state index in [0.717, 1.165) is 28.2 Å². The van der Waals surface area contributed by atoms with E-state index in [-0.39, 0.29) is 5.92 Å². The predicted octanol–water partition coefficient (Wildman–Crippen LogP) is 5.37. The molecule has 28 heavy (non-hydrogen) atoms. The van der Waals surface area contributed by atoms with Gasteiger partial charge in [-0.25, -0.2) is 0 Å². The first-order valence-corrected chi connectivity index (χ1v) is 9.16. The Morgan fingerprint density at radius 3 is 1.64 bits per heavy atom. The summed E-state index contributed by atoms with van der Waals surface area (Å²) in [5, 5.41) is 1.15. The Labute approximate surface area is 164 Å². The quantitative estimate of drug-likeness (QED) is 0.494. The summed E-state index contributed by atoms with van der Waals surface area (Å²) in [6.07, 6.45) is 2.09. The smallest absolute Gasteiger partial charge is 0.119 e. The van der Waals surface area contributed by atoms with Gasteiger partial charge in [-0.15, -0.1) is 0 Å². The molecule has 0 aliphatic heterocycles. The fraction of sp³-hybridized carbons (Fsp3) is 0.167. The molecule has 4 aromatic rings. The van der Waals surface area contributed by atoms with Crippen molar-refractivity contribution in [3.8, 4) is 17.2 Å². The molecule has 0 spiro atoms. The van der Waals surface area contributed by atoms with Crippen LogP contribution in [0.4, 0.5) is 0 Å². The van der Waals surface area contributed by atoms with E-state index in [2.05, 4.69) is 47.6 Å². The highest BCUT2D eigenvalue weighted by atomic mass is 16.5. The maximum absolute atomic E-state index is 5.45. The Kier molecular flexibility index (Phi) is 4.94. The Balaban J connectivity index is 1.89. The van der Waals surface area contributed by atoms with E-state index in [0.29, 0.717) is 0 Å². The van der Waals surface area contributed by atoms with Crippen LogP contribution >= 0.6 is 0 Å². The fourth-order valence-electron chi connectivity index (χ4n) is 3.63. The van der Waals surface area contributed by atoms with Crippen LogP contribution in [-0.2, 0) is 0 Å². The zero-order valence-corrected chi connectivity index (χ0v) is 16.2. The summed E-state index contributed by atoms with van der Waals surface area (Å²) in [5.74, 6) is 2.60. The van der Waals surface area contributed by atoms with E-state index in [1.165, 1.54) is 16.7 Å². The molecule has 0 saturated carbocycles. The number of nitrogens with one attached hydrogen (secondary N) is 1. The molecule has 0 saturated heterocycles. The summed E-state index contributed by atoms with van der Waals surface area (Å²) in [5.41, 5.74) is 4.66. The average molecular weight is 373 g/mol. The molecule has 0 fully saturated rings. The second-order valence-corrected chi connectivity index (χ2v) is 6.63. The first-order valence-electron chi connectivity index (χ1n) is 9.16. The van der Waals surface area contributed by atoms with E-state index in [9.17, 15) is 0 Å². The van der Waals surface area contributed by atoms with Gasteiger partial charge in [0.25, 0.3) is 0 Å². The zero-order valence-electron chi connectivity index (χ0n) is 16.2. The third-order valence-corrected chi connectivity index (χ3v) is 5.13. The van der Waals surface area contributed by atoms with Crippen molar-refractivity contribution in [2.24, 2.45) is 0 Å². The predicted molar refractivity (Wildman–Crippen MR) is 112 cm³/mol. The molecule has 0 aliphatic rings. The molecule has 0 amide bonds. The zero-order chi connectivity index (χ0) is 19.5. The number of H-pyrrole nitrogens is 1. The van der Waals surface area contributed by atoms with E-state index in [1.807, 2.05) is 30.3 Å². The van der Waals surface area contributed by atoms with Gasteiger partial charge in [-0.05, 0) is 59.2 Å². The van der Waals surface area contributed by atoms with Gasteiger partial charge in [0.2, 0.25) is 0 Å². The van der Waals surface area contributed by atoms with Crippen LogP contribution in [0.25, 0.3) is 10.9 Å². The third kappa shape index (κ3) is 3.29. The van der Waals surface area contributed by atoms with Crippen molar-refractivity contribution in [1.82, 2.24) is 4.98 Å². The molecule has 0 bridgehead atoms. The average Bonchev–Trinajstić information content (AvgIpc) is 3.17. The van der Waals surface area contributed by atoms with Crippen LogP contribution in [0.1, 0.15) is 22.6 Å². The number of methoxy groups -OCH3 is 3. The molecule has 1 heterocycles. The molecular formula is C24H23NO3. The maximum Gasteiger partial charge on any atom is 0.119 e. The van der Waals surface area contributed by atoms with Crippen LogP contribution < -0.4 is 14.2 Å². The third-order valence-electron chi connectivity index (χ3n) is 5.13. The van der Waals surface area contributed by atoms with Crippen LogP contribution in [-0.4, -0.2) is 26.3 Å².